The predicted octanol–water partition coefficient (Wildman–Crippen LogP) is 5.88. The second-order valence-electron chi connectivity index (χ2n) is 22.7. The number of nitrogens with zero attached hydrogens (tertiary/aromatic N) is 10. The Morgan fingerprint density at radius 1 is 0.740 bits per heavy atom. The molecule has 77 heavy (non-hydrogen) atoms. The molecule has 6 saturated heterocycles. The number of hydrogen-bond donors (Lipinski definition) is 4. The molecule has 24 heteroatoms. The van der Waals surface area contributed by atoms with Gasteiger partial charge in [0.15, 0.2) is 34.8 Å². The number of amides is 1. The zero-order valence-corrected chi connectivity index (χ0v) is 45.9. The summed E-state index contributed by atoms with van der Waals surface area (Å²) in [6.07, 6.45) is 9.04. The van der Waals surface area contributed by atoms with Crippen molar-refractivity contribution in [1.29, 1.82) is 0 Å². The average molecular weight is 1110 g/mol. The number of pyridine rings is 2. The number of anilines is 4. The lowest BCUT2D eigenvalue weighted by atomic mass is 9.73. The number of carbonyl (C=O) groups is 1. The summed E-state index contributed by atoms with van der Waals surface area (Å²) in [5, 5.41) is 24.7. The van der Waals surface area contributed by atoms with Crippen molar-refractivity contribution < 1.29 is 47.5 Å². The maximum Gasteiger partial charge on any atom is 0.407 e. The van der Waals surface area contributed by atoms with Crippen molar-refractivity contribution in [3.63, 3.8) is 0 Å². The molecule has 12 heterocycles. The Labute approximate surface area is 455 Å². The highest BCUT2D eigenvalue weighted by Gasteiger charge is 2.51. The van der Waals surface area contributed by atoms with Gasteiger partial charge in [-0.15, -0.1) is 0 Å². The lowest BCUT2D eigenvalue weighted by Gasteiger charge is -2.43. The monoisotopic (exact) mass is 1100 g/mol. The van der Waals surface area contributed by atoms with E-state index in [1.807, 2.05) is 56.6 Å². The molecule has 4 aromatic rings. The van der Waals surface area contributed by atoms with Crippen LogP contribution in [0.25, 0.3) is 0 Å². The fraction of sp³-hybridized carbons (Fsp3) is 0.642. The lowest BCUT2D eigenvalue weighted by Crippen LogP contribution is -2.55. The molecule has 8 atom stereocenters. The van der Waals surface area contributed by atoms with Gasteiger partial charge in [-0.25, -0.2) is 43.5 Å². The van der Waals surface area contributed by atoms with E-state index in [2.05, 4.69) is 25.1 Å². The van der Waals surface area contributed by atoms with E-state index in [0.29, 0.717) is 122 Å². The van der Waals surface area contributed by atoms with Crippen molar-refractivity contribution in [2.75, 3.05) is 85.3 Å². The van der Waals surface area contributed by atoms with Gasteiger partial charge in [-0.05, 0) is 72.4 Å². The van der Waals surface area contributed by atoms with E-state index >= 15 is 0 Å². The summed E-state index contributed by atoms with van der Waals surface area (Å²) in [6.45, 7) is 14.9. The molecule has 0 unspecified atom stereocenters. The number of nitrogens with two attached hydrogens (primary N) is 1. The molecule has 8 aliphatic rings. The lowest BCUT2D eigenvalue weighted by molar-refractivity contribution is 0.0434. The fourth-order valence-corrected chi connectivity index (χ4v) is 14.1. The van der Waals surface area contributed by atoms with Crippen LogP contribution in [0.15, 0.2) is 56.8 Å². The molecular formula is C53H70F2N12O8S2. The van der Waals surface area contributed by atoms with E-state index in [-0.39, 0.29) is 60.4 Å². The van der Waals surface area contributed by atoms with Crippen LogP contribution in [0.1, 0.15) is 84.5 Å². The molecule has 6 fully saturated rings. The molecule has 20 nitrogen and oxygen atoms in total. The number of alkyl halides is 2. The van der Waals surface area contributed by atoms with Gasteiger partial charge in [-0.3, -0.25) is 0 Å². The number of ether oxygens (including phenoxy) is 5. The zero-order valence-electron chi connectivity index (χ0n) is 44.3. The molecule has 12 rings (SSSR count). The summed E-state index contributed by atoms with van der Waals surface area (Å²) >= 11 is 2.81. The summed E-state index contributed by atoms with van der Waals surface area (Å²) in [7, 11) is 0. The zero-order chi connectivity index (χ0) is 53.8. The maximum absolute atomic E-state index is 14.1. The predicted molar refractivity (Wildman–Crippen MR) is 285 cm³/mol. The molecule has 1 amide bonds. The molecule has 0 aliphatic carbocycles. The molecule has 8 aliphatic heterocycles. The average Bonchev–Trinajstić information content (AvgIpc) is 4.24. The second-order valence-corrected chi connectivity index (χ2v) is 24.8. The summed E-state index contributed by atoms with van der Waals surface area (Å²) < 4.78 is 57.5. The maximum atomic E-state index is 14.1. The molecule has 2 spiro atoms. The number of carbonyl (C=O) groups excluding carboxylic acids is 1. The Morgan fingerprint density at radius 2 is 1.21 bits per heavy atom. The number of aliphatic hydroxyl groups is 2. The van der Waals surface area contributed by atoms with Crippen LogP contribution in [-0.2, 0) is 27.4 Å². The SMILES string of the molecule is C[C@@H]1OCC2(CCN(c3ncc(Sc4ccnc5c4OC[C@@H]4C[C@H](F)CN54)nc3CO)CC2)[C@@H]1N.C[C@@H]1OCC2(CCN(c3ncc(Sc4ccnc5c4OC[C@@H]4C[C@H](F)CN54)nc3CO)CC2)[C@@H]1NC(=O)OC(C)(C)C. The number of halogens is 2. The number of aromatic nitrogens is 6. The molecule has 4 aromatic heterocycles. The van der Waals surface area contributed by atoms with Crippen molar-refractivity contribution in [2.45, 2.75) is 161 Å². The minimum Gasteiger partial charge on any atom is -0.486 e. The highest BCUT2D eigenvalue weighted by Crippen LogP contribution is 2.48. The van der Waals surface area contributed by atoms with Crippen molar-refractivity contribution >= 4 is 52.9 Å². The van der Waals surface area contributed by atoms with Gasteiger partial charge >= 0.3 is 6.09 Å². The van der Waals surface area contributed by atoms with Crippen molar-refractivity contribution in [3.8, 4) is 11.5 Å². The summed E-state index contributed by atoms with van der Waals surface area (Å²) in [6, 6.07) is 3.66. The van der Waals surface area contributed by atoms with Gasteiger partial charge in [0.05, 0.1) is 92.0 Å². The number of fused-ring (bicyclic) bond motifs is 6. The quantitative estimate of drug-likeness (QED) is 0.153. The largest absolute Gasteiger partial charge is 0.486 e. The van der Waals surface area contributed by atoms with Crippen LogP contribution in [0.4, 0.5) is 36.8 Å². The first kappa shape index (κ1) is 53.9. The number of nitrogens with one attached hydrogen (secondary N) is 1. The highest BCUT2D eigenvalue weighted by molar-refractivity contribution is 7.99. The topological polar surface area (TPSA) is 232 Å². The van der Waals surface area contributed by atoms with E-state index in [1.165, 1.54) is 23.5 Å². The van der Waals surface area contributed by atoms with Gasteiger partial charge in [-0.2, -0.15) is 0 Å². The van der Waals surface area contributed by atoms with Crippen LogP contribution in [0.3, 0.4) is 0 Å². The number of hydrogen-bond acceptors (Lipinski definition) is 21. The highest BCUT2D eigenvalue weighted by atomic mass is 32.2. The number of aliphatic hydroxyl groups excluding tert-OH is 2. The fourth-order valence-electron chi connectivity index (χ4n) is 12.4. The van der Waals surface area contributed by atoms with Crippen molar-refractivity contribution in [1.82, 2.24) is 35.2 Å². The van der Waals surface area contributed by atoms with E-state index in [9.17, 15) is 23.8 Å². The van der Waals surface area contributed by atoms with Gasteiger partial charge in [-0.1, -0.05) is 23.5 Å². The van der Waals surface area contributed by atoms with Crippen LogP contribution in [0.2, 0.25) is 0 Å². The van der Waals surface area contributed by atoms with Crippen LogP contribution >= 0.6 is 23.5 Å². The second kappa shape index (κ2) is 21.8. The van der Waals surface area contributed by atoms with Gasteiger partial charge in [0, 0.05) is 68.3 Å². The van der Waals surface area contributed by atoms with Crippen LogP contribution in [-0.4, -0.2) is 166 Å². The Kier molecular flexibility index (Phi) is 15.3. The third kappa shape index (κ3) is 10.9. The standard InChI is InChI=1S/C29H39FN6O5S.C24H31FN6O3S/c1-17-24(34-27(38)41-28(2,3)4)29(16-40-17)6-9-35(10-7-29)25-20(14-37)33-22(12-32-25)42-21-5-8-31-26-23(21)39-15-19-11-18(30)13-36(19)26;1-14-21(26)24(13-34-14)3-6-30(7-4-24)22-17(11-32)29-19(9-28-22)35-18-2-5-27-23-20(18)33-12-16-8-15(25)10-31(16)23/h5,8,12,17-19,24,37H,6-7,9-11,13-16H2,1-4H3,(H,34,38);2,5,9,14-16,21,32H,3-4,6-8,10-13,26H2,1H3/t17-,18-,19-,24+;14-,15-,16-,21+/m00/s1. The molecule has 0 aromatic carbocycles. The molecule has 0 bridgehead atoms. The minimum atomic E-state index is -0.880. The number of piperidine rings is 2. The summed E-state index contributed by atoms with van der Waals surface area (Å²) in [4.78, 5) is 50.4. The van der Waals surface area contributed by atoms with Crippen LogP contribution < -0.4 is 40.1 Å². The Bertz CT molecular complexity index is 2790. The van der Waals surface area contributed by atoms with Crippen LogP contribution in [0, 0.1) is 10.8 Å². The first-order chi connectivity index (χ1) is 37.0. The summed E-state index contributed by atoms with van der Waals surface area (Å²) in [5.41, 5.74) is 6.75. The molecule has 0 saturated carbocycles. The third-order valence-electron chi connectivity index (χ3n) is 16.5. The molecule has 0 radical (unpaired) electrons. The first-order valence-corrected chi connectivity index (χ1v) is 28.5. The van der Waals surface area contributed by atoms with Crippen molar-refractivity contribution in [2.24, 2.45) is 16.6 Å². The Hall–Kier alpha value is -5.11. The van der Waals surface area contributed by atoms with E-state index in [4.69, 9.17) is 49.4 Å². The summed E-state index contributed by atoms with van der Waals surface area (Å²) in [5.74, 6) is 4.01. The third-order valence-corrected chi connectivity index (χ3v) is 18.4. The normalized spacial score (nSPS) is 27.8. The minimum absolute atomic E-state index is 0.00590. The smallest absolute Gasteiger partial charge is 0.407 e. The molecule has 416 valence electrons. The number of rotatable bonds is 9. The van der Waals surface area contributed by atoms with Crippen LogP contribution in [0.5, 0.6) is 11.5 Å². The first-order valence-electron chi connectivity index (χ1n) is 26.8. The Balaban J connectivity index is 0.000000166. The van der Waals surface area contributed by atoms with E-state index < -0.39 is 24.0 Å². The van der Waals surface area contributed by atoms with Gasteiger partial charge in [0.1, 0.15) is 52.6 Å². The number of alkyl carbamates (subject to hydrolysis) is 1. The molecular weight excluding hydrogens is 1030 g/mol. The van der Waals surface area contributed by atoms with Crippen molar-refractivity contribution in [3.05, 3.63) is 48.3 Å². The van der Waals surface area contributed by atoms with Gasteiger partial charge in [0.2, 0.25) is 0 Å². The Morgan fingerprint density at radius 3 is 1.66 bits per heavy atom. The van der Waals surface area contributed by atoms with E-state index in [0.717, 1.165) is 48.6 Å². The van der Waals surface area contributed by atoms with Gasteiger partial charge < -0.3 is 64.5 Å². The van der Waals surface area contributed by atoms with Gasteiger partial charge in [0.25, 0.3) is 0 Å². The van der Waals surface area contributed by atoms with E-state index in [1.54, 1.807) is 24.8 Å². The molecule has 5 N–H and O–H groups in total.